The van der Waals surface area contributed by atoms with Crippen LogP contribution in [0.2, 0.25) is 0 Å². The normalized spacial score (nSPS) is 25.3. The van der Waals surface area contributed by atoms with Gasteiger partial charge in [-0.2, -0.15) is 0 Å². The van der Waals surface area contributed by atoms with Crippen LogP contribution in [0.3, 0.4) is 0 Å². The summed E-state index contributed by atoms with van der Waals surface area (Å²) in [5.41, 5.74) is 6.44. The van der Waals surface area contributed by atoms with Gasteiger partial charge in [-0.25, -0.2) is 0 Å². The molecule has 14 heavy (non-hydrogen) atoms. The molecule has 1 aliphatic heterocycles. The fourth-order valence-electron chi connectivity index (χ4n) is 1.38. The van der Waals surface area contributed by atoms with Gasteiger partial charge in [-0.15, -0.1) is 0 Å². The van der Waals surface area contributed by atoms with E-state index in [0.29, 0.717) is 12.5 Å². The van der Waals surface area contributed by atoms with Gasteiger partial charge >= 0.3 is 0 Å². The molecule has 2 atom stereocenters. The van der Waals surface area contributed by atoms with Gasteiger partial charge in [-0.3, -0.25) is 5.32 Å². The summed E-state index contributed by atoms with van der Waals surface area (Å²) in [6.07, 6.45) is 5.71. The average molecular weight is 197 g/mol. The number of nitrogens with one attached hydrogen (secondary N) is 1. The lowest BCUT2D eigenvalue weighted by Gasteiger charge is -2.29. The van der Waals surface area contributed by atoms with Crippen molar-refractivity contribution < 1.29 is 5.11 Å². The maximum atomic E-state index is 8.87. The summed E-state index contributed by atoms with van der Waals surface area (Å²) in [6.45, 7) is 5.00. The number of nitrogens with two attached hydrogens (primary N) is 1. The lowest BCUT2D eigenvalue weighted by atomic mass is 10.2. The number of nitrogens with zero attached hydrogens (tertiary/aromatic N) is 1. The van der Waals surface area contributed by atoms with Gasteiger partial charge in [0.05, 0.1) is 6.67 Å². The highest BCUT2D eigenvalue weighted by Crippen LogP contribution is 2.09. The van der Waals surface area contributed by atoms with Crippen molar-refractivity contribution in [2.75, 3.05) is 6.67 Å². The molecule has 80 valence electrons. The molecule has 0 bridgehead atoms. The first-order valence-corrected chi connectivity index (χ1v) is 4.88. The van der Waals surface area contributed by atoms with Crippen LogP contribution >= 0.6 is 0 Å². The monoisotopic (exact) mass is 197 g/mol. The largest absolute Gasteiger partial charge is 0.379 e. The molecule has 1 aliphatic rings. The van der Waals surface area contributed by atoms with E-state index in [1.807, 2.05) is 12.3 Å². The zero-order valence-corrected chi connectivity index (χ0v) is 8.77. The predicted octanol–water partition coefficient (Wildman–Crippen LogP) is 0.322. The third kappa shape index (κ3) is 3.49. The van der Waals surface area contributed by atoms with Gasteiger partial charge in [0.15, 0.2) is 0 Å². The van der Waals surface area contributed by atoms with Crippen LogP contribution in [0.5, 0.6) is 0 Å². The first kappa shape index (κ1) is 11.2. The molecule has 1 heterocycles. The summed E-state index contributed by atoms with van der Waals surface area (Å²) < 4.78 is 0. The Hall–Kier alpha value is -0.840. The Morgan fingerprint density at radius 1 is 1.86 bits per heavy atom. The molecule has 0 amide bonds. The molecule has 2 unspecified atom stereocenters. The quantitative estimate of drug-likeness (QED) is 0.570. The summed E-state index contributed by atoms with van der Waals surface area (Å²) in [4.78, 5) is 2.09. The molecule has 4 N–H and O–H groups in total. The highest BCUT2D eigenvalue weighted by Gasteiger charge is 2.10. The van der Waals surface area contributed by atoms with E-state index in [-0.39, 0.29) is 0 Å². The van der Waals surface area contributed by atoms with Crippen LogP contribution in [0.4, 0.5) is 0 Å². The van der Waals surface area contributed by atoms with E-state index in [2.05, 4.69) is 30.1 Å². The fraction of sp³-hybridized carbons (Fsp3) is 0.600. The Morgan fingerprint density at radius 3 is 3.14 bits per heavy atom. The van der Waals surface area contributed by atoms with Gasteiger partial charge < -0.3 is 15.7 Å². The Balaban J connectivity index is 2.45. The van der Waals surface area contributed by atoms with Crippen LogP contribution in [0.25, 0.3) is 0 Å². The fourth-order valence-corrected chi connectivity index (χ4v) is 1.38. The minimum absolute atomic E-state index is 0.430. The molecule has 1 rings (SSSR count). The SMILES string of the molecule is CC1=CC(C)NCN1/C=C\CC(N)O. The van der Waals surface area contributed by atoms with Gasteiger partial charge in [0.25, 0.3) is 0 Å². The van der Waals surface area contributed by atoms with E-state index in [1.54, 1.807) is 0 Å². The van der Waals surface area contributed by atoms with Crippen LogP contribution in [0.1, 0.15) is 20.3 Å². The van der Waals surface area contributed by atoms with Crippen molar-refractivity contribution in [1.29, 1.82) is 0 Å². The number of aliphatic hydroxyl groups excluding tert-OH is 1. The van der Waals surface area contributed by atoms with E-state index in [9.17, 15) is 0 Å². The summed E-state index contributed by atoms with van der Waals surface area (Å²) >= 11 is 0. The Kier molecular flexibility index (Phi) is 4.13. The van der Waals surface area contributed by atoms with E-state index < -0.39 is 6.23 Å². The van der Waals surface area contributed by atoms with Crippen LogP contribution in [-0.4, -0.2) is 28.9 Å². The molecule has 0 aromatic carbocycles. The number of hydrogen-bond donors (Lipinski definition) is 3. The lowest BCUT2D eigenvalue weighted by molar-refractivity contribution is 0.185. The second-order valence-corrected chi connectivity index (χ2v) is 3.62. The summed E-state index contributed by atoms with van der Waals surface area (Å²) in [7, 11) is 0. The second kappa shape index (κ2) is 5.14. The maximum Gasteiger partial charge on any atom is 0.105 e. The molecule has 0 aliphatic carbocycles. The third-order valence-corrected chi connectivity index (χ3v) is 2.19. The van der Waals surface area contributed by atoms with E-state index in [0.717, 1.165) is 6.67 Å². The van der Waals surface area contributed by atoms with Gasteiger partial charge in [0, 0.05) is 24.4 Å². The summed E-state index contributed by atoms with van der Waals surface area (Å²) in [5, 5.41) is 12.2. The molecule has 0 radical (unpaired) electrons. The van der Waals surface area contributed by atoms with Crippen molar-refractivity contribution in [3.8, 4) is 0 Å². The number of hydrogen-bond acceptors (Lipinski definition) is 4. The Labute approximate surface area is 85.1 Å². The molecule has 0 fully saturated rings. The van der Waals surface area contributed by atoms with Crippen molar-refractivity contribution in [2.45, 2.75) is 32.5 Å². The van der Waals surface area contributed by atoms with Crippen LogP contribution in [0.15, 0.2) is 24.0 Å². The van der Waals surface area contributed by atoms with Crippen LogP contribution in [-0.2, 0) is 0 Å². The molecule has 4 heteroatoms. The van der Waals surface area contributed by atoms with Gasteiger partial charge in [-0.1, -0.05) is 6.08 Å². The molecule has 0 saturated heterocycles. The maximum absolute atomic E-state index is 8.87. The third-order valence-electron chi connectivity index (χ3n) is 2.19. The smallest absolute Gasteiger partial charge is 0.105 e. The molecule has 0 aromatic heterocycles. The van der Waals surface area contributed by atoms with Gasteiger partial charge in [-0.05, 0) is 19.9 Å². The van der Waals surface area contributed by atoms with Crippen molar-refractivity contribution >= 4 is 0 Å². The first-order valence-electron chi connectivity index (χ1n) is 4.88. The Morgan fingerprint density at radius 2 is 2.57 bits per heavy atom. The molecule has 0 saturated carbocycles. The van der Waals surface area contributed by atoms with E-state index in [4.69, 9.17) is 10.8 Å². The summed E-state index contributed by atoms with van der Waals surface area (Å²) in [5.74, 6) is 0. The zero-order valence-electron chi connectivity index (χ0n) is 8.77. The van der Waals surface area contributed by atoms with Crippen LogP contribution < -0.4 is 11.1 Å². The molecule has 0 spiro atoms. The van der Waals surface area contributed by atoms with Gasteiger partial charge in [0.2, 0.25) is 0 Å². The van der Waals surface area contributed by atoms with Gasteiger partial charge in [0.1, 0.15) is 6.23 Å². The lowest BCUT2D eigenvalue weighted by Crippen LogP contribution is -2.39. The summed E-state index contributed by atoms with van der Waals surface area (Å²) in [6, 6.07) is 0.430. The minimum atomic E-state index is -0.757. The number of allylic oxidation sites excluding steroid dienone is 1. The predicted molar refractivity (Wildman–Crippen MR) is 57.0 cm³/mol. The average Bonchev–Trinajstić information content (AvgIpc) is 2.08. The van der Waals surface area contributed by atoms with Crippen molar-refractivity contribution in [3.05, 3.63) is 24.0 Å². The van der Waals surface area contributed by atoms with E-state index in [1.165, 1.54) is 5.70 Å². The highest BCUT2D eigenvalue weighted by molar-refractivity contribution is 5.09. The molecular weight excluding hydrogens is 178 g/mol. The minimum Gasteiger partial charge on any atom is -0.379 e. The van der Waals surface area contributed by atoms with Crippen molar-refractivity contribution in [2.24, 2.45) is 5.73 Å². The topological polar surface area (TPSA) is 61.5 Å². The van der Waals surface area contributed by atoms with E-state index >= 15 is 0 Å². The second-order valence-electron chi connectivity index (χ2n) is 3.62. The Bertz CT molecular complexity index is 236. The van der Waals surface area contributed by atoms with Crippen molar-refractivity contribution in [3.63, 3.8) is 0 Å². The zero-order chi connectivity index (χ0) is 10.6. The van der Waals surface area contributed by atoms with Crippen molar-refractivity contribution in [1.82, 2.24) is 10.2 Å². The first-order chi connectivity index (χ1) is 6.59. The van der Waals surface area contributed by atoms with Crippen LogP contribution in [0, 0.1) is 0 Å². The highest BCUT2D eigenvalue weighted by atomic mass is 16.3. The standard InChI is InChI=1S/C10H19N3O/c1-8-6-9(2)13(7-12-8)5-3-4-10(11)14/h3,5-6,8,10,12,14H,4,7,11H2,1-2H3/b5-3-. The number of rotatable bonds is 3. The molecule has 0 aromatic rings. The molecule has 4 nitrogen and oxygen atoms in total. The molecular formula is C10H19N3O. The number of aliphatic hydroxyl groups is 1.